The first-order chi connectivity index (χ1) is 7.40. The number of hydrogen-bond acceptors (Lipinski definition) is 2. The summed E-state index contributed by atoms with van der Waals surface area (Å²) >= 11 is 6.27. The number of aliphatic carboxylic acids is 1. The fourth-order valence-corrected chi connectivity index (χ4v) is 1.93. The van der Waals surface area contributed by atoms with Crippen molar-refractivity contribution >= 4 is 37.8 Å². The molecule has 0 aromatic heterocycles. The van der Waals surface area contributed by atoms with Gasteiger partial charge in [0.15, 0.2) is 0 Å². The third kappa shape index (κ3) is 3.71. The van der Waals surface area contributed by atoms with Gasteiger partial charge in [0.1, 0.15) is 5.75 Å². The molecule has 0 aliphatic heterocycles. The maximum atomic E-state index is 12.0. The van der Waals surface area contributed by atoms with Crippen molar-refractivity contribution in [2.45, 2.75) is 13.0 Å². The third-order valence-electron chi connectivity index (χ3n) is 1.64. The van der Waals surface area contributed by atoms with Crippen LogP contribution >= 0.6 is 31.9 Å². The molecule has 0 radical (unpaired) electrons. The van der Waals surface area contributed by atoms with E-state index in [0.717, 1.165) is 0 Å². The van der Waals surface area contributed by atoms with Crippen LogP contribution in [0.2, 0.25) is 0 Å². The molecule has 1 rings (SSSR count). The van der Waals surface area contributed by atoms with Crippen molar-refractivity contribution in [1.29, 1.82) is 0 Å². The summed E-state index contributed by atoms with van der Waals surface area (Å²) in [4.78, 5) is 10.5. The number of carbonyl (C=O) groups is 1. The number of rotatable bonds is 4. The Morgan fingerprint density at radius 3 is 2.56 bits per heavy atom. The Morgan fingerprint density at radius 2 is 2.06 bits per heavy atom. The van der Waals surface area contributed by atoms with Crippen LogP contribution < -0.4 is 4.74 Å². The van der Waals surface area contributed by atoms with Crippen molar-refractivity contribution in [3.05, 3.63) is 26.6 Å². The van der Waals surface area contributed by atoms with E-state index in [1.165, 1.54) is 12.1 Å². The lowest BCUT2D eigenvalue weighted by Crippen LogP contribution is -2.05. The summed E-state index contributed by atoms with van der Waals surface area (Å²) in [5, 5.41) is 8.63. The van der Waals surface area contributed by atoms with Crippen LogP contribution in [-0.2, 0) is 11.2 Å². The summed E-state index contributed by atoms with van der Waals surface area (Å²) in [7, 11) is 0. The molecule has 1 aromatic carbocycles. The lowest BCUT2D eigenvalue weighted by molar-refractivity contribution is -0.136. The zero-order valence-corrected chi connectivity index (χ0v) is 10.9. The molecular weight excluding hydrogens is 354 g/mol. The number of benzene rings is 1. The fourth-order valence-electron chi connectivity index (χ4n) is 1.08. The molecule has 0 fully saturated rings. The van der Waals surface area contributed by atoms with Crippen molar-refractivity contribution in [3.8, 4) is 5.75 Å². The highest BCUT2D eigenvalue weighted by Gasteiger charge is 2.13. The minimum atomic E-state index is -2.94. The van der Waals surface area contributed by atoms with Crippen molar-refractivity contribution < 1.29 is 23.4 Å². The molecule has 0 heterocycles. The molecule has 1 aromatic rings. The van der Waals surface area contributed by atoms with Crippen LogP contribution in [0.15, 0.2) is 21.1 Å². The number of halogens is 4. The molecule has 0 spiro atoms. The molecule has 0 atom stereocenters. The molecule has 88 valence electrons. The largest absolute Gasteiger partial charge is 0.481 e. The Labute approximate surface area is 107 Å². The first-order valence-corrected chi connectivity index (χ1v) is 5.63. The second kappa shape index (κ2) is 5.58. The quantitative estimate of drug-likeness (QED) is 0.895. The Bertz CT molecular complexity index is 410. The monoisotopic (exact) mass is 358 g/mol. The Hall–Kier alpha value is -0.690. The van der Waals surface area contributed by atoms with Gasteiger partial charge in [-0.25, -0.2) is 0 Å². The van der Waals surface area contributed by atoms with Crippen LogP contribution in [0.25, 0.3) is 0 Å². The van der Waals surface area contributed by atoms with E-state index < -0.39 is 12.6 Å². The highest BCUT2D eigenvalue weighted by molar-refractivity contribution is 9.13. The van der Waals surface area contributed by atoms with Crippen LogP contribution in [0, 0.1) is 0 Å². The van der Waals surface area contributed by atoms with E-state index in [-0.39, 0.29) is 12.2 Å². The van der Waals surface area contributed by atoms with Crippen molar-refractivity contribution in [1.82, 2.24) is 0 Å². The van der Waals surface area contributed by atoms with Gasteiger partial charge in [-0.3, -0.25) is 4.79 Å². The summed E-state index contributed by atoms with van der Waals surface area (Å²) in [5.41, 5.74) is 0.359. The standard InChI is InChI=1S/C9H6Br2F2O3/c10-6-3-5(16-9(12)13)1-4(8(6)11)2-7(14)15/h1,3,9H,2H2,(H,14,15). The van der Waals surface area contributed by atoms with E-state index in [1.54, 1.807) is 0 Å². The Balaban J connectivity index is 3.06. The molecule has 0 saturated carbocycles. The Kier molecular flexibility index (Phi) is 4.67. The fraction of sp³-hybridized carbons (Fsp3) is 0.222. The van der Waals surface area contributed by atoms with E-state index in [1.807, 2.05) is 0 Å². The number of ether oxygens (including phenoxy) is 1. The van der Waals surface area contributed by atoms with Gasteiger partial charge in [0.2, 0.25) is 0 Å². The number of carboxylic acids is 1. The smallest absolute Gasteiger partial charge is 0.387 e. The third-order valence-corrected chi connectivity index (χ3v) is 3.74. The predicted octanol–water partition coefficient (Wildman–Crippen LogP) is 3.44. The first-order valence-electron chi connectivity index (χ1n) is 4.04. The minimum Gasteiger partial charge on any atom is -0.481 e. The van der Waals surface area contributed by atoms with Crippen LogP contribution in [-0.4, -0.2) is 17.7 Å². The highest BCUT2D eigenvalue weighted by atomic mass is 79.9. The number of alkyl halides is 2. The van der Waals surface area contributed by atoms with Crippen molar-refractivity contribution in [2.24, 2.45) is 0 Å². The molecular formula is C9H6Br2F2O3. The van der Waals surface area contributed by atoms with Crippen LogP contribution in [0.3, 0.4) is 0 Å². The topological polar surface area (TPSA) is 46.5 Å². The molecule has 7 heteroatoms. The van der Waals surface area contributed by atoms with Gasteiger partial charge >= 0.3 is 12.6 Å². The average Bonchev–Trinajstić information content (AvgIpc) is 2.11. The molecule has 16 heavy (non-hydrogen) atoms. The van der Waals surface area contributed by atoms with Gasteiger partial charge in [0.25, 0.3) is 0 Å². The van der Waals surface area contributed by atoms with Gasteiger partial charge in [-0.2, -0.15) is 8.78 Å². The maximum absolute atomic E-state index is 12.0. The maximum Gasteiger partial charge on any atom is 0.387 e. The van der Waals surface area contributed by atoms with E-state index in [4.69, 9.17) is 5.11 Å². The molecule has 0 aliphatic rings. The number of hydrogen-bond donors (Lipinski definition) is 1. The predicted molar refractivity (Wildman–Crippen MR) is 59.8 cm³/mol. The van der Waals surface area contributed by atoms with Crippen molar-refractivity contribution in [3.63, 3.8) is 0 Å². The van der Waals surface area contributed by atoms with E-state index in [2.05, 4.69) is 36.6 Å². The van der Waals surface area contributed by atoms with Gasteiger partial charge < -0.3 is 9.84 Å². The van der Waals surface area contributed by atoms with Crippen molar-refractivity contribution in [2.75, 3.05) is 0 Å². The van der Waals surface area contributed by atoms with Gasteiger partial charge in [0, 0.05) is 8.95 Å². The zero-order valence-electron chi connectivity index (χ0n) is 7.71. The lowest BCUT2D eigenvalue weighted by Gasteiger charge is -2.09. The summed E-state index contributed by atoms with van der Waals surface area (Å²) in [6, 6.07) is 2.59. The van der Waals surface area contributed by atoms with Gasteiger partial charge in [-0.05, 0) is 49.6 Å². The molecule has 0 bridgehead atoms. The Morgan fingerprint density at radius 1 is 1.44 bits per heavy atom. The zero-order chi connectivity index (χ0) is 12.3. The average molecular weight is 360 g/mol. The SMILES string of the molecule is O=C(O)Cc1cc(OC(F)F)cc(Br)c1Br. The highest BCUT2D eigenvalue weighted by Crippen LogP contribution is 2.32. The van der Waals surface area contributed by atoms with E-state index in [0.29, 0.717) is 14.5 Å². The molecule has 0 aliphatic carbocycles. The summed E-state index contributed by atoms with van der Waals surface area (Å²) in [6.07, 6.45) is -0.278. The summed E-state index contributed by atoms with van der Waals surface area (Å²) in [5.74, 6) is -1.14. The van der Waals surface area contributed by atoms with E-state index >= 15 is 0 Å². The first kappa shape index (κ1) is 13.4. The van der Waals surface area contributed by atoms with Gasteiger partial charge in [-0.15, -0.1) is 0 Å². The van der Waals surface area contributed by atoms with Gasteiger partial charge in [0.05, 0.1) is 6.42 Å². The van der Waals surface area contributed by atoms with Crippen LogP contribution in [0.4, 0.5) is 8.78 Å². The summed E-state index contributed by atoms with van der Waals surface area (Å²) < 4.78 is 29.1. The normalized spacial score (nSPS) is 10.6. The lowest BCUT2D eigenvalue weighted by atomic mass is 10.1. The minimum absolute atomic E-state index is 0.0821. The molecule has 1 N–H and O–H groups in total. The molecule has 0 amide bonds. The van der Waals surface area contributed by atoms with Gasteiger partial charge in [-0.1, -0.05) is 0 Å². The van der Waals surface area contributed by atoms with Crippen LogP contribution in [0.5, 0.6) is 5.75 Å². The molecule has 0 saturated heterocycles. The van der Waals surface area contributed by atoms with Crippen LogP contribution in [0.1, 0.15) is 5.56 Å². The second-order valence-corrected chi connectivity index (χ2v) is 4.47. The second-order valence-electron chi connectivity index (χ2n) is 2.83. The summed E-state index contributed by atoms with van der Waals surface area (Å²) in [6.45, 7) is -2.94. The molecule has 3 nitrogen and oxygen atoms in total. The number of carboxylic acid groups (broad SMARTS) is 1. The van der Waals surface area contributed by atoms with E-state index in [9.17, 15) is 13.6 Å². The molecule has 0 unspecified atom stereocenters.